The first-order valence-corrected chi connectivity index (χ1v) is 10.8. The number of ether oxygens (including phenoxy) is 2. The van der Waals surface area contributed by atoms with Crippen LogP contribution in [0.2, 0.25) is 0 Å². The number of aliphatic imine (C=N–C) groups is 1. The zero-order valence-corrected chi connectivity index (χ0v) is 18.3. The van der Waals surface area contributed by atoms with Crippen molar-refractivity contribution in [3.8, 4) is 11.5 Å². The molecule has 0 N–H and O–H groups in total. The summed E-state index contributed by atoms with van der Waals surface area (Å²) >= 11 is 2.76. The van der Waals surface area contributed by atoms with Gasteiger partial charge in [0.1, 0.15) is 11.5 Å². The van der Waals surface area contributed by atoms with E-state index in [2.05, 4.69) is 9.98 Å². The van der Waals surface area contributed by atoms with Crippen LogP contribution in [0, 0.1) is 6.92 Å². The van der Waals surface area contributed by atoms with Gasteiger partial charge >= 0.3 is 0 Å². The Morgan fingerprint density at radius 1 is 1.10 bits per heavy atom. The quantitative estimate of drug-likeness (QED) is 0.508. The number of nitrogens with zero attached hydrogens (tertiary/aromatic N) is 3. The molecule has 1 saturated heterocycles. The van der Waals surface area contributed by atoms with Gasteiger partial charge in [0.2, 0.25) is 5.13 Å². The van der Waals surface area contributed by atoms with Crippen molar-refractivity contribution in [3.05, 3.63) is 70.1 Å². The predicted octanol–water partition coefficient (Wildman–Crippen LogP) is 5.28. The summed E-state index contributed by atoms with van der Waals surface area (Å²) in [5.41, 5.74) is 2.44. The fourth-order valence-electron chi connectivity index (χ4n) is 2.91. The topological polar surface area (TPSA) is 64.0 Å². The summed E-state index contributed by atoms with van der Waals surface area (Å²) in [6.45, 7) is 1.92. The van der Waals surface area contributed by atoms with E-state index in [1.165, 1.54) is 23.1 Å². The second-order valence-corrected chi connectivity index (χ2v) is 8.21. The molecule has 0 atom stereocenters. The number of thioether (sulfide) groups is 1. The summed E-state index contributed by atoms with van der Waals surface area (Å²) in [5, 5.41) is 3.12. The molecule has 0 radical (unpaired) electrons. The fourth-order valence-corrected chi connectivity index (χ4v) is 4.60. The zero-order chi connectivity index (χ0) is 21.1. The molecule has 1 fully saturated rings. The molecule has 2 heterocycles. The van der Waals surface area contributed by atoms with Crippen molar-refractivity contribution < 1.29 is 14.3 Å². The van der Waals surface area contributed by atoms with Gasteiger partial charge in [-0.1, -0.05) is 18.2 Å². The molecule has 30 heavy (non-hydrogen) atoms. The molecule has 0 aliphatic carbocycles. The van der Waals surface area contributed by atoms with Crippen molar-refractivity contribution in [1.82, 2.24) is 4.98 Å². The van der Waals surface area contributed by atoms with E-state index in [1.54, 1.807) is 25.2 Å². The number of amidine groups is 1. The summed E-state index contributed by atoms with van der Waals surface area (Å²) < 4.78 is 10.7. The number of amides is 1. The standard InChI is InChI=1S/C22H19N3O3S2/c1-14-13-29-21(23-14)24-22-25(16-7-5-4-6-8-16)20(26)19(30-22)11-15-9-10-17(27-2)12-18(15)28-3/h4-13H,1-3H3/b19-11-,24-22+. The number of para-hydroxylation sites is 1. The van der Waals surface area contributed by atoms with E-state index in [4.69, 9.17) is 9.47 Å². The second-order valence-electron chi connectivity index (χ2n) is 6.36. The van der Waals surface area contributed by atoms with Gasteiger partial charge in [0.15, 0.2) is 5.17 Å². The lowest BCUT2D eigenvalue weighted by molar-refractivity contribution is -0.113. The number of aryl methyl sites for hydroxylation is 1. The highest BCUT2D eigenvalue weighted by Crippen LogP contribution is 2.39. The molecule has 4 rings (SSSR count). The van der Waals surface area contributed by atoms with Gasteiger partial charge in [-0.05, 0) is 49.0 Å². The number of rotatable bonds is 5. The lowest BCUT2D eigenvalue weighted by Gasteiger charge is -2.15. The molecule has 1 aromatic heterocycles. The lowest BCUT2D eigenvalue weighted by atomic mass is 10.1. The van der Waals surface area contributed by atoms with E-state index in [-0.39, 0.29) is 5.91 Å². The van der Waals surface area contributed by atoms with E-state index in [9.17, 15) is 4.79 Å². The lowest BCUT2D eigenvalue weighted by Crippen LogP contribution is -2.28. The maximum absolute atomic E-state index is 13.3. The van der Waals surface area contributed by atoms with Crippen molar-refractivity contribution in [2.75, 3.05) is 19.1 Å². The monoisotopic (exact) mass is 437 g/mol. The molecule has 1 aliphatic heterocycles. The summed E-state index contributed by atoms with van der Waals surface area (Å²) in [4.78, 5) is 24.5. The molecule has 0 unspecified atom stereocenters. The van der Waals surface area contributed by atoms with Crippen molar-refractivity contribution in [2.24, 2.45) is 4.99 Å². The van der Waals surface area contributed by atoms with Crippen LogP contribution in [0.4, 0.5) is 10.8 Å². The Balaban J connectivity index is 1.77. The largest absolute Gasteiger partial charge is 0.497 e. The Morgan fingerprint density at radius 3 is 2.57 bits per heavy atom. The minimum absolute atomic E-state index is 0.143. The van der Waals surface area contributed by atoms with E-state index < -0.39 is 0 Å². The van der Waals surface area contributed by atoms with Gasteiger partial charge < -0.3 is 9.47 Å². The molecule has 0 bridgehead atoms. The van der Waals surface area contributed by atoms with E-state index in [1.807, 2.05) is 60.8 Å². The number of benzene rings is 2. The number of carbonyl (C=O) groups excluding carboxylic acids is 1. The average molecular weight is 438 g/mol. The van der Waals surface area contributed by atoms with Crippen molar-refractivity contribution in [2.45, 2.75) is 6.92 Å². The minimum atomic E-state index is -0.143. The van der Waals surface area contributed by atoms with Gasteiger partial charge in [-0.25, -0.2) is 4.98 Å². The number of aromatic nitrogens is 1. The number of hydrogen-bond acceptors (Lipinski definition) is 7. The van der Waals surface area contributed by atoms with Crippen molar-refractivity contribution in [3.63, 3.8) is 0 Å². The maximum atomic E-state index is 13.3. The molecule has 0 saturated carbocycles. The molecule has 1 aliphatic rings. The number of anilines is 1. The normalized spacial score (nSPS) is 16.5. The fraction of sp³-hybridized carbons (Fsp3) is 0.136. The van der Waals surface area contributed by atoms with Crippen LogP contribution in [0.5, 0.6) is 11.5 Å². The van der Waals surface area contributed by atoms with Crippen LogP contribution in [-0.2, 0) is 4.79 Å². The van der Waals surface area contributed by atoms with Crippen LogP contribution in [-0.4, -0.2) is 30.3 Å². The summed E-state index contributed by atoms with van der Waals surface area (Å²) in [7, 11) is 3.19. The molecule has 1 amide bonds. The summed E-state index contributed by atoms with van der Waals surface area (Å²) in [6, 6.07) is 15.0. The highest BCUT2D eigenvalue weighted by molar-refractivity contribution is 8.19. The molecule has 8 heteroatoms. The first-order chi connectivity index (χ1) is 14.6. The van der Waals surface area contributed by atoms with Crippen LogP contribution in [0.25, 0.3) is 6.08 Å². The van der Waals surface area contributed by atoms with Gasteiger partial charge in [0.25, 0.3) is 5.91 Å². The smallest absolute Gasteiger partial charge is 0.271 e. The van der Waals surface area contributed by atoms with E-state index in [0.717, 1.165) is 16.9 Å². The summed E-state index contributed by atoms with van der Waals surface area (Å²) in [6.07, 6.45) is 1.82. The maximum Gasteiger partial charge on any atom is 0.271 e. The van der Waals surface area contributed by atoms with Crippen molar-refractivity contribution in [1.29, 1.82) is 0 Å². The molecule has 3 aromatic rings. The average Bonchev–Trinajstić information content (AvgIpc) is 3.31. The Hall–Kier alpha value is -3.10. The Labute approximate surface area is 182 Å². The molecule has 0 spiro atoms. The van der Waals surface area contributed by atoms with Gasteiger partial charge in [-0.3, -0.25) is 9.69 Å². The summed E-state index contributed by atoms with van der Waals surface area (Å²) in [5.74, 6) is 1.17. The third-order valence-corrected chi connectivity index (χ3v) is 6.17. The minimum Gasteiger partial charge on any atom is -0.497 e. The highest BCUT2D eigenvalue weighted by Gasteiger charge is 2.35. The first-order valence-electron chi connectivity index (χ1n) is 9.11. The zero-order valence-electron chi connectivity index (χ0n) is 16.7. The van der Waals surface area contributed by atoms with Crippen LogP contribution in [0.3, 0.4) is 0 Å². The van der Waals surface area contributed by atoms with Gasteiger partial charge in [-0.2, -0.15) is 4.99 Å². The number of carbonyl (C=O) groups is 1. The number of methoxy groups -OCH3 is 2. The van der Waals surface area contributed by atoms with Crippen molar-refractivity contribution >= 4 is 51.1 Å². The van der Waals surface area contributed by atoms with Gasteiger partial charge in [0.05, 0.1) is 30.5 Å². The second kappa shape index (κ2) is 8.73. The van der Waals surface area contributed by atoms with Gasteiger partial charge in [-0.15, -0.1) is 11.3 Å². The first kappa shape index (κ1) is 20.2. The Bertz CT molecular complexity index is 1140. The molecule has 152 valence electrons. The Kier molecular flexibility index (Phi) is 5.87. The SMILES string of the molecule is COc1ccc(/C=C2\S/C(=N/c3nc(C)cs3)N(c3ccccc3)C2=O)c(OC)c1. The van der Waals surface area contributed by atoms with Gasteiger partial charge in [0, 0.05) is 17.0 Å². The van der Waals surface area contributed by atoms with Crippen LogP contribution in [0.1, 0.15) is 11.3 Å². The highest BCUT2D eigenvalue weighted by atomic mass is 32.2. The molecular formula is C22H19N3O3S2. The Morgan fingerprint density at radius 2 is 1.90 bits per heavy atom. The molecular weight excluding hydrogens is 418 g/mol. The van der Waals surface area contributed by atoms with E-state index >= 15 is 0 Å². The van der Waals surface area contributed by atoms with Crippen LogP contribution < -0.4 is 14.4 Å². The van der Waals surface area contributed by atoms with E-state index in [0.29, 0.717) is 26.7 Å². The molecule has 6 nitrogen and oxygen atoms in total. The predicted molar refractivity (Wildman–Crippen MR) is 123 cm³/mol. The third kappa shape index (κ3) is 4.10. The molecule has 2 aromatic carbocycles. The van der Waals surface area contributed by atoms with Crippen LogP contribution >= 0.6 is 23.1 Å². The third-order valence-electron chi connectivity index (χ3n) is 4.35. The number of hydrogen-bond donors (Lipinski definition) is 0. The number of thiazole rings is 1. The van der Waals surface area contributed by atoms with Crippen LogP contribution in [0.15, 0.2) is 63.8 Å².